The zero-order valence-electron chi connectivity index (χ0n) is 11.5. The van der Waals surface area contributed by atoms with Gasteiger partial charge in [-0.1, -0.05) is 28.1 Å². The van der Waals surface area contributed by atoms with E-state index in [1.165, 1.54) is 24.3 Å². The summed E-state index contributed by atoms with van der Waals surface area (Å²) in [6.07, 6.45) is 2.13. The Morgan fingerprint density at radius 1 is 1.35 bits per heavy atom. The third-order valence-electron chi connectivity index (χ3n) is 2.09. The summed E-state index contributed by atoms with van der Waals surface area (Å²) in [6.45, 7) is 5.35. The van der Waals surface area contributed by atoms with Gasteiger partial charge in [0.25, 0.3) is 0 Å². The van der Waals surface area contributed by atoms with Crippen molar-refractivity contribution in [1.29, 1.82) is 0 Å². The Morgan fingerprint density at radius 2 is 1.90 bits per heavy atom. The number of amides is 1. The number of carbonyl (C=O) groups excluding carboxylic acids is 1. The maximum absolute atomic E-state index is 13.5. The minimum Gasteiger partial charge on any atom is -0.444 e. The Bertz CT molecular complexity index is 501. The van der Waals surface area contributed by atoms with E-state index in [-0.39, 0.29) is 12.1 Å². The Morgan fingerprint density at radius 3 is 2.40 bits per heavy atom. The maximum Gasteiger partial charge on any atom is 0.407 e. The van der Waals surface area contributed by atoms with Gasteiger partial charge >= 0.3 is 6.09 Å². The summed E-state index contributed by atoms with van der Waals surface area (Å²) < 4.78 is 32.3. The largest absolute Gasteiger partial charge is 0.444 e. The molecule has 0 aliphatic heterocycles. The van der Waals surface area contributed by atoms with Crippen LogP contribution in [0.3, 0.4) is 0 Å². The van der Waals surface area contributed by atoms with Gasteiger partial charge in [0.05, 0.1) is 0 Å². The molecule has 0 bridgehead atoms. The van der Waals surface area contributed by atoms with Crippen LogP contribution in [0.15, 0.2) is 22.7 Å². The number of halogens is 3. The van der Waals surface area contributed by atoms with Gasteiger partial charge in [-0.25, -0.2) is 13.6 Å². The first-order valence-corrected chi connectivity index (χ1v) is 6.76. The summed E-state index contributed by atoms with van der Waals surface area (Å²) >= 11 is 3.00. The van der Waals surface area contributed by atoms with Crippen molar-refractivity contribution >= 4 is 28.1 Å². The molecule has 1 rings (SSSR count). The summed E-state index contributed by atoms with van der Waals surface area (Å²) in [5.74, 6) is -1.35. The highest BCUT2D eigenvalue weighted by atomic mass is 79.9. The number of carbonyl (C=O) groups is 1. The average Bonchev–Trinajstić information content (AvgIpc) is 2.23. The lowest BCUT2D eigenvalue weighted by Crippen LogP contribution is -2.32. The van der Waals surface area contributed by atoms with E-state index in [1.807, 2.05) is 0 Å². The van der Waals surface area contributed by atoms with Crippen LogP contribution in [-0.4, -0.2) is 18.2 Å². The van der Waals surface area contributed by atoms with Gasteiger partial charge in [0, 0.05) is 16.6 Å². The number of alkyl carbamates (subject to hydrolysis) is 1. The van der Waals surface area contributed by atoms with Crippen LogP contribution in [0.4, 0.5) is 13.6 Å². The summed E-state index contributed by atoms with van der Waals surface area (Å²) in [5.41, 5.74) is -0.739. The second-order valence-electron chi connectivity index (χ2n) is 5.07. The van der Waals surface area contributed by atoms with Crippen LogP contribution in [0.5, 0.6) is 0 Å². The van der Waals surface area contributed by atoms with Gasteiger partial charge in [-0.05, 0) is 32.9 Å². The second-order valence-corrected chi connectivity index (χ2v) is 5.98. The van der Waals surface area contributed by atoms with Crippen LogP contribution >= 0.6 is 15.9 Å². The number of nitrogens with one attached hydrogen (secondary N) is 1. The lowest BCUT2D eigenvalue weighted by atomic mass is 10.2. The summed E-state index contributed by atoms with van der Waals surface area (Å²) in [5, 5.41) is 2.46. The number of hydrogen-bond donors (Lipinski definition) is 1. The first-order valence-electron chi connectivity index (χ1n) is 5.97. The van der Waals surface area contributed by atoms with Crippen molar-refractivity contribution < 1.29 is 18.3 Å². The van der Waals surface area contributed by atoms with E-state index in [0.717, 1.165) is 0 Å². The van der Waals surface area contributed by atoms with E-state index >= 15 is 0 Å². The third kappa shape index (κ3) is 5.69. The molecule has 110 valence electrons. The van der Waals surface area contributed by atoms with Crippen LogP contribution in [0.1, 0.15) is 26.3 Å². The van der Waals surface area contributed by atoms with Crippen LogP contribution in [0, 0.1) is 11.6 Å². The van der Waals surface area contributed by atoms with E-state index in [2.05, 4.69) is 21.2 Å². The lowest BCUT2D eigenvalue weighted by Gasteiger charge is -2.19. The molecular formula is C14H16BrF2NO2. The molecule has 0 saturated heterocycles. The standard InChI is InChI=1S/C14H16BrF2NO2/c1-14(2,3)20-13(19)18-6-4-5-10-11(16)7-9(15)8-12(10)17/h4-5,7-8H,6H2,1-3H3,(H,18,19). The van der Waals surface area contributed by atoms with Crippen LogP contribution in [0.2, 0.25) is 0 Å². The highest BCUT2D eigenvalue weighted by Crippen LogP contribution is 2.20. The van der Waals surface area contributed by atoms with Crippen molar-refractivity contribution in [3.63, 3.8) is 0 Å². The van der Waals surface area contributed by atoms with Crippen molar-refractivity contribution in [2.24, 2.45) is 0 Å². The molecule has 0 saturated carbocycles. The van der Waals surface area contributed by atoms with Crippen molar-refractivity contribution in [2.75, 3.05) is 6.54 Å². The fraction of sp³-hybridized carbons (Fsp3) is 0.357. The van der Waals surface area contributed by atoms with Gasteiger partial charge in [0.1, 0.15) is 17.2 Å². The molecule has 0 aromatic heterocycles. The number of hydrogen-bond acceptors (Lipinski definition) is 2. The SMILES string of the molecule is CC(C)(C)OC(=O)NCC=Cc1c(F)cc(Br)cc1F. The van der Waals surface area contributed by atoms with Crippen molar-refractivity contribution in [3.05, 3.63) is 39.9 Å². The molecule has 0 atom stereocenters. The molecule has 0 spiro atoms. The first-order chi connectivity index (χ1) is 9.19. The fourth-order valence-corrected chi connectivity index (χ4v) is 1.75. The van der Waals surface area contributed by atoms with Gasteiger partial charge in [0.2, 0.25) is 0 Å². The molecule has 1 amide bonds. The van der Waals surface area contributed by atoms with Gasteiger partial charge < -0.3 is 10.1 Å². The molecule has 0 heterocycles. The topological polar surface area (TPSA) is 38.3 Å². The van der Waals surface area contributed by atoms with E-state index in [4.69, 9.17) is 4.74 Å². The molecule has 0 radical (unpaired) electrons. The predicted octanol–water partition coefficient (Wildman–Crippen LogP) is 4.27. The maximum atomic E-state index is 13.5. The molecule has 1 N–H and O–H groups in total. The Labute approximate surface area is 125 Å². The average molecular weight is 348 g/mol. The molecular weight excluding hydrogens is 332 g/mol. The predicted molar refractivity (Wildman–Crippen MR) is 77.3 cm³/mol. The third-order valence-corrected chi connectivity index (χ3v) is 2.55. The van der Waals surface area contributed by atoms with E-state index in [1.54, 1.807) is 20.8 Å². The van der Waals surface area contributed by atoms with Crippen molar-refractivity contribution in [3.8, 4) is 0 Å². The Kier molecular flexibility index (Phi) is 5.68. The molecule has 0 aliphatic carbocycles. The number of ether oxygens (including phenoxy) is 1. The zero-order valence-corrected chi connectivity index (χ0v) is 13.1. The van der Waals surface area contributed by atoms with Crippen molar-refractivity contribution in [1.82, 2.24) is 5.32 Å². The van der Waals surface area contributed by atoms with Gasteiger partial charge in [0.15, 0.2) is 0 Å². The van der Waals surface area contributed by atoms with Crippen LogP contribution in [0.25, 0.3) is 6.08 Å². The molecule has 1 aromatic rings. The summed E-state index contributed by atoms with van der Waals surface area (Å²) in [4.78, 5) is 11.3. The van der Waals surface area contributed by atoms with Crippen LogP contribution < -0.4 is 5.32 Å². The lowest BCUT2D eigenvalue weighted by molar-refractivity contribution is 0.0534. The smallest absolute Gasteiger partial charge is 0.407 e. The minimum atomic E-state index is -0.676. The van der Waals surface area contributed by atoms with E-state index < -0.39 is 23.3 Å². The molecule has 6 heteroatoms. The summed E-state index contributed by atoms with van der Waals surface area (Å²) in [6, 6.07) is 2.34. The molecule has 0 unspecified atom stereocenters. The fourth-order valence-electron chi connectivity index (χ4n) is 1.35. The highest BCUT2D eigenvalue weighted by molar-refractivity contribution is 9.10. The van der Waals surface area contributed by atoms with Gasteiger partial charge in [-0.3, -0.25) is 0 Å². The summed E-state index contributed by atoms with van der Waals surface area (Å²) in [7, 11) is 0. The van der Waals surface area contributed by atoms with Gasteiger partial charge in [-0.2, -0.15) is 0 Å². The Hall–Kier alpha value is -1.43. The first kappa shape index (κ1) is 16.6. The molecule has 0 fully saturated rings. The highest BCUT2D eigenvalue weighted by Gasteiger charge is 2.15. The molecule has 3 nitrogen and oxygen atoms in total. The van der Waals surface area contributed by atoms with Crippen molar-refractivity contribution in [2.45, 2.75) is 26.4 Å². The normalized spacial score (nSPS) is 11.7. The van der Waals surface area contributed by atoms with E-state index in [0.29, 0.717) is 4.47 Å². The quantitative estimate of drug-likeness (QED) is 0.886. The second kappa shape index (κ2) is 6.83. The minimum absolute atomic E-state index is 0.115. The monoisotopic (exact) mass is 347 g/mol. The van der Waals surface area contributed by atoms with E-state index in [9.17, 15) is 13.6 Å². The molecule has 1 aromatic carbocycles. The number of rotatable bonds is 3. The van der Waals surface area contributed by atoms with Crippen LogP contribution in [-0.2, 0) is 4.74 Å². The molecule has 0 aliphatic rings. The zero-order chi connectivity index (χ0) is 15.3. The van der Waals surface area contributed by atoms with Gasteiger partial charge in [-0.15, -0.1) is 0 Å². The Balaban J connectivity index is 2.56. The molecule has 20 heavy (non-hydrogen) atoms. The number of benzene rings is 1.